The topological polar surface area (TPSA) is 97.8 Å². The first-order valence-electron chi connectivity index (χ1n) is 11.1. The number of sulfonamides is 1. The first-order chi connectivity index (χ1) is 15.6. The van der Waals surface area contributed by atoms with Gasteiger partial charge in [-0.2, -0.15) is 13.2 Å². The van der Waals surface area contributed by atoms with Gasteiger partial charge in [0.05, 0.1) is 18.8 Å². The highest BCUT2D eigenvalue weighted by atomic mass is 32.2. The molecule has 12 heteroatoms. The van der Waals surface area contributed by atoms with E-state index in [1.165, 1.54) is 0 Å². The van der Waals surface area contributed by atoms with Crippen molar-refractivity contribution in [2.45, 2.75) is 74.7 Å². The van der Waals surface area contributed by atoms with E-state index in [1.807, 2.05) is 13.0 Å². The number of aromatic nitrogens is 1. The van der Waals surface area contributed by atoms with E-state index in [0.29, 0.717) is 12.2 Å². The second-order valence-electron chi connectivity index (χ2n) is 8.94. The molecule has 3 atom stereocenters. The highest BCUT2D eigenvalue weighted by Crippen LogP contribution is 2.40. The van der Waals surface area contributed by atoms with Crippen LogP contribution < -0.4 is 9.46 Å². The standard InChI is InChI=1S/C21H28F3N3O5S/c1-13-6-8-25-20-19(13)14-2-4-16(5-3-14)31-12-18-17(26-33(29,30)21(22,23)24)7-9-27(18)15(10-28)11-32-20/h6,8,10,14-18,26H,2-5,7,9,11-12H2,1H3/t14-,15?,16+,17-,18-/m0/s1. The lowest BCUT2D eigenvalue weighted by Crippen LogP contribution is -2.54. The number of hydrogen-bond acceptors (Lipinski definition) is 7. The number of hydrogen-bond donors (Lipinski definition) is 1. The summed E-state index contributed by atoms with van der Waals surface area (Å²) >= 11 is 0. The van der Waals surface area contributed by atoms with Crippen LogP contribution in [0.4, 0.5) is 13.2 Å². The van der Waals surface area contributed by atoms with Gasteiger partial charge in [-0.05, 0) is 56.6 Å². The third-order valence-corrected chi connectivity index (χ3v) is 8.15. The van der Waals surface area contributed by atoms with Gasteiger partial charge in [-0.25, -0.2) is 18.1 Å². The Morgan fingerprint density at radius 1 is 1.18 bits per heavy atom. The molecule has 1 saturated heterocycles. The van der Waals surface area contributed by atoms with Gasteiger partial charge in [0.25, 0.3) is 0 Å². The Bertz CT molecular complexity index is 966. The van der Waals surface area contributed by atoms with Crippen molar-refractivity contribution in [2.24, 2.45) is 0 Å². The van der Waals surface area contributed by atoms with Crippen LogP contribution in [0.2, 0.25) is 0 Å². The predicted molar refractivity (Wildman–Crippen MR) is 112 cm³/mol. The molecule has 3 aliphatic heterocycles. The fourth-order valence-corrected chi connectivity index (χ4v) is 6.00. The molecule has 5 rings (SSSR count). The van der Waals surface area contributed by atoms with Crippen LogP contribution in [0.25, 0.3) is 0 Å². The maximum absolute atomic E-state index is 13.0. The fourth-order valence-electron chi connectivity index (χ4n) is 5.19. The molecular weight excluding hydrogens is 463 g/mol. The lowest BCUT2D eigenvalue weighted by Gasteiger charge is -2.34. The Morgan fingerprint density at radius 2 is 1.91 bits per heavy atom. The quantitative estimate of drug-likeness (QED) is 0.648. The average molecular weight is 492 g/mol. The Balaban J connectivity index is 1.63. The number of carbonyl (C=O) groups is 1. The number of pyridine rings is 1. The van der Waals surface area contributed by atoms with E-state index in [9.17, 15) is 26.4 Å². The molecule has 4 aliphatic rings. The number of aryl methyl sites for hydroxylation is 1. The number of rotatable bonds is 3. The molecule has 8 nitrogen and oxygen atoms in total. The molecule has 1 N–H and O–H groups in total. The van der Waals surface area contributed by atoms with Crippen LogP contribution in [0.1, 0.15) is 49.1 Å². The van der Waals surface area contributed by atoms with E-state index in [4.69, 9.17) is 9.47 Å². The molecule has 2 bridgehead atoms. The van der Waals surface area contributed by atoms with Crippen molar-refractivity contribution in [3.05, 3.63) is 23.4 Å². The zero-order valence-corrected chi connectivity index (χ0v) is 19.1. The molecule has 0 spiro atoms. The molecular formula is C21H28F3N3O5S. The van der Waals surface area contributed by atoms with E-state index in [2.05, 4.69) is 4.98 Å². The van der Waals surface area contributed by atoms with Crippen LogP contribution in [0, 0.1) is 6.92 Å². The second-order valence-corrected chi connectivity index (χ2v) is 10.6. The summed E-state index contributed by atoms with van der Waals surface area (Å²) in [4.78, 5) is 18.0. The largest absolute Gasteiger partial charge is 0.511 e. The maximum Gasteiger partial charge on any atom is 0.511 e. The summed E-state index contributed by atoms with van der Waals surface area (Å²) < 4.78 is 76.3. The Kier molecular flexibility index (Phi) is 7.00. The van der Waals surface area contributed by atoms with Crippen molar-refractivity contribution in [3.63, 3.8) is 0 Å². The number of fused-ring (bicyclic) bond motifs is 5. The van der Waals surface area contributed by atoms with E-state index in [1.54, 1.807) is 15.8 Å². The second kappa shape index (κ2) is 9.47. The van der Waals surface area contributed by atoms with Crippen molar-refractivity contribution in [1.82, 2.24) is 14.6 Å². The molecule has 0 aromatic carbocycles. The highest BCUT2D eigenvalue weighted by Gasteiger charge is 2.50. The van der Waals surface area contributed by atoms with E-state index in [0.717, 1.165) is 36.8 Å². The summed E-state index contributed by atoms with van der Waals surface area (Å²) in [5.41, 5.74) is -3.33. The molecule has 33 heavy (non-hydrogen) atoms. The summed E-state index contributed by atoms with van der Waals surface area (Å²) in [6, 6.07) is -0.626. The summed E-state index contributed by atoms with van der Waals surface area (Å²) in [7, 11) is -5.53. The first kappa shape index (κ1) is 24.4. The minimum Gasteiger partial charge on any atom is -0.475 e. The molecule has 1 aromatic rings. The lowest BCUT2D eigenvalue weighted by molar-refractivity contribution is -0.114. The minimum atomic E-state index is -5.53. The van der Waals surface area contributed by atoms with Gasteiger partial charge in [0.2, 0.25) is 5.88 Å². The van der Waals surface area contributed by atoms with Crippen molar-refractivity contribution in [1.29, 1.82) is 0 Å². The van der Waals surface area contributed by atoms with Crippen LogP contribution in [-0.2, 0) is 19.6 Å². The summed E-state index contributed by atoms with van der Waals surface area (Å²) in [6.45, 7) is 2.20. The van der Waals surface area contributed by atoms with Gasteiger partial charge < -0.3 is 14.3 Å². The molecule has 2 fully saturated rings. The number of ether oxygens (including phenoxy) is 2. The van der Waals surface area contributed by atoms with E-state index < -0.39 is 33.7 Å². The third kappa shape index (κ3) is 5.03. The molecule has 1 aliphatic carbocycles. The molecule has 0 amide bonds. The van der Waals surface area contributed by atoms with Crippen molar-refractivity contribution >= 4 is 16.3 Å². The summed E-state index contributed by atoms with van der Waals surface area (Å²) in [5, 5.41) is 0. The molecule has 1 aromatic heterocycles. The van der Waals surface area contributed by atoms with E-state index >= 15 is 0 Å². The smallest absolute Gasteiger partial charge is 0.475 e. The molecule has 184 valence electrons. The molecule has 1 unspecified atom stereocenters. The lowest BCUT2D eigenvalue weighted by atomic mass is 9.81. The normalized spacial score (nSPS) is 31.5. The molecule has 1 saturated carbocycles. The number of halogens is 3. The minimum absolute atomic E-state index is 0.0228. The average Bonchev–Trinajstić information content (AvgIpc) is 3.14. The first-order valence-corrected chi connectivity index (χ1v) is 12.6. The Labute approximate surface area is 190 Å². The van der Waals surface area contributed by atoms with Crippen molar-refractivity contribution < 1.29 is 35.9 Å². The Hall–Kier alpha value is -1.76. The van der Waals surface area contributed by atoms with Gasteiger partial charge in [0.15, 0.2) is 0 Å². The maximum atomic E-state index is 13.0. The molecule has 4 heterocycles. The fraction of sp³-hybridized carbons (Fsp3) is 0.714. The predicted octanol–water partition coefficient (Wildman–Crippen LogP) is 2.27. The molecule has 0 radical (unpaired) electrons. The van der Waals surface area contributed by atoms with Gasteiger partial charge in [-0.1, -0.05) is 0 Å². The zero-order valence-electron chi connectivity index (χ0n) is 18.3. The number of nitrogens with zero attached hydrogens (tertiary/aromatic N) is 2. The van der Waals surface area contributed by atoms with Crippen LogP contribution in [0.5, 0.6) is 5.88 Å². The van der Waals surface area contributed by atoms with Crippen LogP contribution in [0.15, 0.2) is 12.3 Å². The summed E-state index contributed by atoms with van der Waals surface area (Å²) in [5.74, 6) is 0.714. The monoisotopic (exact) mass is 491 g/mol. The number of carbonyl (C=O) groups excluding carboxylic acids is 1. The highest BCUT2D eigenvalue weighted by molar-refractivity contribution is 7.90. The zero-order chi connectivity index (χ0) is 23.8. The number of nitrogens with one attached hydrogen (secondary N) is 1. The van der Waals surface area contributed by atoms with Gasteiger partial charge in [0.1, 0.15) is 18.9 Å². The SMILES string of the molecule is Cc1ccnc2c1[C@H]1CC[C@H](CC1)OC[C@H]1[C@@H](NS(=O)(=O)C(F)(F)F)CCN1C(C=O)CO2. The van der Waals surface area contributed by atoms with Crippen LogP contribution in [-0.4, -0.2) is 74.1 Å². The van der Waals surface area contributed by atoms with Crippen molar-refractivity contribution in [3.8, 4) is 5.88 Å². The number of aldehydes is 1. The van der Waals surface area contributed by atoms with Gasteiger partial charge in [-0.3, -0.25) is 4.90 Å². The van der Waals surface area contributed by atoms with Gasteiger partial charge in [0, 0.05) is 24.3 Å². The van der Waals surface area contributed by atoms with E-state index in [-0.39, 0.29) is 38.2 Å². The van der Waals surface area contributed by atoms with Crippen LogP contribution >= 0.6 is 0 Å². The van der Waals surface area contributed by atoms with Crippen molar-refractivity contribution in [2.75, 3.05) is 19.8 Å². The number of alkyl halides is 3. The third-order valence-electron chi connectivity index (χ3n) is 6.93. The summed E-state index contributed by atoms with van der Waals surface area (Å²) in [6.07, 6.45) is 5.60. The van der Waals surface area contributed by atoms with Crippen LogP contribution in [0.3, 0.4) is 0 Å². The Morgan fingerprint density at radius 3 is 2.58 bits per heavy atom. The van der Waals surface area contributed by atoms with Gasteiger partial charge >= 0.3 is 15.5 Å². The van der Waals surface area contributed by atoms with Gasteiger partial charge in [-0.15, -0.1) is 0 Å².